The second kappa shape index (κ2) is 5.80. The molecule has 2 aromatic rings. The summed E-state index contributed by atoms with van der Waals surface area (Å²) in [7, 11) is 0. The van der Waals surface area contributed by atoms with Gasteiger partial charge in [0.2, 0.25) is 0 Å². The minimum Gasteiger partial charge on any atom is -0.345 e. The summed E-state index contributed by atoms with van der Waals surface area (Å²) in [5.41, 5.74) is -1.71. The van der Waals surface area contributed by atoms with Gasteiger partial charge >= 0.3 is 6.18 Å². The Labute approximate surface area is 121 Å². The number of thiazole rings is 1. The van der Waals surface area contributed by atoms with Crippen LogP contribution in [-0.2, 0) is 12.7 Å². The van der Waals surface area contributed by atoms with Crippen LogP contribution in [-0.4, -0.2) is 10.9 Å². The molecular formula is C13H10F4N2OS. The Hall–Kier alpha value is -1.96. The van der Waals surface area contributed by atoms with Crippen LogP contribution in [0.5, 0.6) is 0 Å². The van der Waals surface area contributed by atoms with Crippen molar-refractivity contribution in [1.82, 2.24) is 10.3 Å². The maximum absolute atomic E-state index is 13.5. The van der Waals surface area contributed by atoms with Crippen molar-refractivity contribution in [2.24, 2.45) is 0 Å². The molecule has 0 radical (unpaired) electrons. The summed E-state index contributed by atoms with van der Waals surface area (Å²) < 4.78 is 51.2. The first-order valence-corrected chi connectivity index (χ1v) is 6.65. The van der Waals surface area contributed by atoms with E-state index in [1.54, 1.807) is 6.20 Å². The van der Waals surface area contributed by atoms with Crippen LogP contribution >= 0.6 is 11.3 Å². The highest BCUT2D eigenvalue weighted by Gasteiger charge is 2.31. The zero-order valence-corrected chi connectivity index (χ0v) is 11.6. The largest absolute Gasteiger partial charge is 0.416 e. The third kappa shape index (κ3) is 3.78. The molecule has 0 unspecified atom stereocenters. The summed E-state index contributed by atoms with van der Waals surface area (Å²) in [4.78, 5) is 16.7. The fraction of sp³-hybridized carbons (Fsp3) is 0.231. The number of alkyl halides is 3. The Kier molecular flexibility index (Phi) is 4.26. The second-order valence-corrected chi connectivity index (χ2v) is 5.56. The number of rotatable bonds is 3. The van der Waals surface area contributed by atoms with Crippen molar-refractivity contribution in [2.45, 2.75) is 19.6 Å². The monoisotopic (exact) mass is 318 g/mol. The van der Waals surface area contributed by atoms with Crippen LogP contribution in [0.2, 0.25) is 0 Å². The number of nitrogens with one attached hydrogen (secondary N) is 1. The number of aromatic nitrogens is 1. The Morgan fingerprint density at radius 2 is 2.10 bits per heavy atom. The Bertz CT molecular complexity index is 666. The van der Waals surface area contributed by atoms with Gasteiger partial charge in [0.05, 0.1) is 17.7 Å². The third-order valence-corrected chi connectivity index (χ3v) is 3.52. The maximum atomic E-state index is 13.5. The lowest BCUT2D eigenvalue weighted by Gasteiger charge is -2.09. The Balaban J connectivity index is 2.15. The number of benzene rings is 1. The molecule has 0 bridgehead atoms. The Morgan fingerprint density at radius 1 is 1.38 bits per heavy atom. The van der Waals surface area contributed by atoms with E-state index in [0.717, 1.165) is 4.88 Å². The van der Waals surface area contributed by atoms with Gasteiger partial charge in [-0.3, -0.25) is 4.79 Å². The molecule has 1 aromatic carbocycles. The predicted molar refractivity (Wildman–Crippen MR) is 69.4 cm³/mol. The fourth-order valence-electron chi connectivity index (χ4n) is 1.61. The van der Waals surface area contributed by atoms with Crippen molar-refractivity contribution in [3.8, 4) is 0 Å². The number of aryl methyl sites for hydroxylation is 1. The lowest BCUT2D eigenvalue weighted by Crippen LogP contribution is -2.24. The van der Waals surface area contributed by atoms with E-state index in [9.17, 15) is 22.4 Å². The zero-order chi connectivity index (χ0) is 15.6. The van der Waals surface area contributed by atoms with Crippen LogP contribution in [0.25, 0.3) is 0 Å². The standard InChI is InChI=1S/C13H10F4N2OS/c1-7-5-18-11(21-7)6-19-12(20)9-4-8(13(15,16)17)2-3-10(9)14/h2-5H,6H2,1H3,(H,19,20). The fourth-order valence-corrected chi connectivity index (χ4v) is 2.34. The van der Waals surface area contributed by atoms with Gasteiger partial charge in [-0.15, -0.1) is 11.3 Å². The lowest BCUT2D eigenvalue weighted by atomic mass is 10.1. The lowest BCUT2D eigenvalue weighted by molar-refractivity contribution is -0.137. The summed E-state index contributed by atoms with van der Waals surface area (Å²) in [5.74, 6) is -1.91. The minimum atomic E-state index is -4.63. The SMILES string of the molecule is Cc1cnc(CNC(=O)c2cc(C(F)(F)F)ccc2F)s1. The van der Waals surface area contributed by atoms with Gasteiger partial charge in [-0.2, -0.15) is 13.2 Å². The highest BCUT2D eigenvalue weighted by Crippen LogP contribution is 2.30. The van der Waals surface area contributed by atoms with E-state index in [2.05, 4.69) is 10.3 Å². The van der Waals surface area contributed by atoms with E-state index in [1.807, 2.05) is 6.92 Å². The number of halogens is 4. The minimum absolute atomic E-state index is 0.0347. The normalized spacial score (nSPS) is 11.5. The molecule has 1 amide bonds. The number of amides is 1. The van der Waals surface area contributed by atoms with E-state index in [1.165, 1.54) is 11.3 Å². The van der Waals surface area contributed by atoms with E-state index in [0.29, 0.717) is 23.2 Å². The molecular weight excluding hydrogens is 308 g/mol. The topological polar surface area (TPSA) is 42.0 Å². The van der Waals surface area contributed by atoms with Crippen LogP contribution < -0.4 is 5.32 Å². The van der Waals surface area contributed by atoms with Gasteiger partial charge in [0.25, 0.3) is 5.91 Å². The summed E-state index contributed by atoms with van der Waals surface area (Å²) >= 11 is 1.34. The van der Waals surface area contributed by atoms with E-state index in [-0.39, 0.29) is 6.54 Å². The first-order chi connectivity index (χ1) is 9.77. The molecule has 0 atom stereocenters. The van der Waals surface area contributed by atoms with Gasteiger partial charge < -0.3 is 5.32 Å². The predicted octanol–water partition coefficient (Wildman–Crippen LogP) is 3.54. The van der Waals surface area contributed by atoms with Crippen molar-refractivity contribution in [1.29, 1.82) is 0 Å². The molecule has 0 spiro atoms. The van der Waals surface area contributed by atoms with Crippen molar-refractivity contribution in [3.63, 3.8) is 0 Å². The number of carbonyl (C=O) groups excluding carboxylic acids is 1. The smallest absolute Gasteiger partial charge is 0.345 e. The maximum Gasteiger partial charge on any atom is 0.416 e. The molecule has 0 aliphatic rings. The zero-order valence-electron chi connectivity index (χ0n) is 10.8. The van der Waals surface area contributed by atoms with Crippen LogP contribution in [0.15, 0.2) is 24.4 Å². The van der Waals surface area contributed by atoms with Crippen LogP contribution in [0.4, 0.5) is 17.6 Å². The molecule has 0 aliphatic heterocycles. The Morgan fingerprint density at radius 3 is 2.67 bits per heavy atom. The van der Waals surface area contributed by atoms with Crippen molar-refractivity contribution in [3.05, 3.63) is 51.2 Å². The van der Waals surface area contributed by atoms with Gasteiger partial charge in [0.1, 0.15) is 10.8 Å². The molecule has 2 rings (SSSR count). The molecule has 0 fully saturated rings. The number of hydrogen-bond donors (Lipinski definition) is 1. The second-order valence-electron chi connectivity index (χ2n) is 4.24. The molecule has 3 nitrogen and oxygen atoms in total. The highest BCUT2D eigenvalue weighted by molar-refractivity contribution is 7.11. The van der Waals surface area contributed by atoms with Crippen LogP contribution in [0.3, 0.4) is 0 Å². The molecule has 1 N–H and O–H groups in total. The molecule has 1 aromatic heterocycles. The van der Waals surface area contributed by atoms with Gasteiger partial charge in [-0.1, -0.05) is 0 Å². The number of hydrogen-bond acceptors (Lipinski definition) is 3. The molecule has 21 heavy (non-hydrogen) atoms. The summed E-state index contributed by atoms with van der Waals surface area (Å²) in [6, 6.07) is 1.72. The first-order valence-electron chi connectivity index (χ1n) is 5.83. The molecule has 0 saturated carbocycles. The van der Waals surface area contributed by atoms with Crippen molar-refractivity contribution in [2.75, 3.05) is 0 Å². The molecule has 0 aliphatic carbocycles. The third-order valence-electron chi connectivity index (χ3n) is 2.61. The quantitative estimate of drug-likeness (QED) is 0.880. The highest BCUT2D eigenvalue weighted by atomic mass is 32.1. The molecule has 0 saturated heterocycles. The summed E-state index contributed by atoms with van der Waals surface area (Å²) in [5, 5.41) is 2.94. The molecule has 112 valence electrons. The van der Waals surface area contributed by atoms with E-state index < -0.39 is 29.0 Å². The van der Waals surface area contributed by atoms with E-state index in [4.69, 9.17) is 0 Å². The first kappa shape index (κ1) is 15.4. The summed E-state index contributed by atoms with van der Waals surface area (Å²) in [6.07, 6.45) is -3.02. The molecule has 8 heteroatoms. The average molecular weight is 318 g/mol. The van der Waals surface area contributed by atoms with Crippen molar-refractivity contribution >= 4 is 17.2 Å². The van der Waals surface area contributed by atoms with Gasteiger partial charge in [0, 0.05) is 11.1 Å². The number of nitrogens with zero attached hydrogens (tertiary/aromatic N) is 1. The van der Waals surface area contributed by atoms with Gasteiger partial charge in [0.15, 0.2) is 0 Å². The van der Waals surface area contributed by atoms with Crippen LogP contribution in [0.1, 0.15) is 25.8 Å². The summed E-state index contributed by atoms with van der Waals surface area (Å²) in [6.45, 7) is 1.86. The van der Waals surface area contributed by atoms with E-state index >= 15 is 0 Å². The van der Waals surface area contributed by atoms with Gasteiger partial charge in [-0.05, 0) is 25.1 Å². The number of carbonyl (C=O) groups is 1. The average Bonchev–Trinajstić information content (AvgIpc) is 2.81. The molecule has 1 heterocycles. The van der Waals surface area contributed by atoms with Crippen LogP contribution in [0, 0.1) is 12.7 Å². The van der Waals surface area contributed by atoms with Crippen molar-refractivity contribution < 1.29 is 22.4 Å². The van der Waals surface area contributed by atoms with Gasteiger partial charge in [-0.25, -0.2) is 9.37 Å².